The molecule has 1 heterocycles. The van der Waals surface area contributed by atoms with Crippen LogP contribution in [0.4, 0.5) is 0 Å². The molecule has 0 amide bonds. The van der Waals surface area contributed by atoms with E-state index in [1.165, 1.54) is 5.57 Å². The number of aryl methyl sites for hydroxylation is 1. The highest BCUT2D eigenvalue weighted by Gasteiger charge is 2.19. The van der Waals surface area contributed by atoms with Crippen molar-refractivity contribution in [1.82, 2.24) is 5.43 Å². The summed E-state index contributed by atoms with van der Waals surface area (Å²) in [5.74, 6) is 5.66. The smallest absolute Gasteiger partial charge is 0.0876 e. The van der Waals surface area contributed by atoms with Crippen LogP contribution < -0.4 is 11.3 Å². The molecule has 0 fully saturated rings. The van der Waals surface area contributed by atoms with Gasteiger partial charge in [-0.05, 0) is 48.6 Å². The van der Waals surface area contributed by atoms with Crippen molar-refractivity contribution in [2.75, 3.05) is 6.61 Å². The molecular formula is C13H17ClN2O. The fourth-order valence-corrected chi connectivity index (χ4v) is 2.38. The van der Waals surface area contributed by atoms with Gasteiger partial charge < -0.3 is 4.74 Å². The quantitative estimate of drug-likeness (QED) is 0.642. The minimum Gasteiger partial charge on any atom is -0.501 e. The van der Waals surface area contributed by atoms with Crippen LogP contribution >= 0.6 is 11.6 Å². The standard InChI is InChI=1S/C13H17ClN2O/c1-9-7-11(14)4-5-12(9)13(16-15)10-3-2-6-17-8-10/h4-5,7-8,13,16H,2-3,6,15H2,1H3. The summed E-state index contributed by atoms with van der Waals surface area (Å²) in [5.41, 5.74) is 6.32. The molecule has 4 heteroatoms. The third-order valence-corrected chi connectivity index (χ3v) is 3.28. The van der Waals surface area contributed by atoms with Crippen LogP contribution in [0.5, 0.6) is 0 Å². The zero-order chi connectivity index (χ0) is 12.3. The van der Waals surface area contributed by atoms with Crippen molar-refractivity contribution < 1.29 is 4.74 Å². The van der Waals surface area contributed by atoms with Crippen LogP contribution in [0, 0.1) is 6.92 Å². The molecule has 1 aliphatic rings. The summed E-state index contributed by atoms with van der Waals surface area (Å²) in [6, 6.07) is 5.86. The molecule has 17 heavy (non-hydrogen) atoms. The second kappa shape index (κ2) is 5.54. The van der Waals surface area contributed by atoms with Gasteiger partial charge in [0.05, 0.1) is 18.9 Å². The van der Waals surface area contributed by atoms with Gasteiger partial charge in [-0.1, -0.05) is 17.7 Å². The SMILES string of the molecule is Cc1cc(Cl)ccc1C(NN)C1=COCCC1. The monoisotopic (exact) mass is 252 g/mol. The zero-order valence-electron chi connectivity index (χ0n) is 9.87. The molecule has 0 radical (unpaired) electrons. The average Bonchev–Trinajstić information content (AvgIpc) is 2.34. The van der Waals surface area contributed by atoms with Crippen molar-refractivity contribution in [3.8, 4) is 0 Å². The number of ether oxygens (including phenoxy) is 1. The van der Waals surface area contributed by atoms with Crippen LogP contribution in [0.15, 0.2) is 30.0 Å². The van der Waals surface area contributed by atoms with E-state index in [1.807, 2.05) is 31.4 Å². The zero-order valence-corrected chi connectivity index (χ0v) is 10.6. The van der Waals surface area contributed by atoms with E-state index in [2.05, 4.69) is 5.43 Å². The number of hydrogen-bond acceptors (Lipinski definition) is 3. The highest BCUT2D eigenvalue weighted by atomic mass is 35.5. The van der Waals surface area contributed by atoms with Crippen molar-refractivity contribution in [1.29, 1.82) is 0 Å². The van der Waals surface area contributed by atoms with Crippen LogP contribution in [0.3, 0.4) is 0 Å². The molecule has 0 saturated heterocycles. The van der Waals surface area contributed by atoms with E-state index >= 15 is 0 Å². The maximum Gasteiger partial charge on any atom is 0.0876 e. The molecule has 0 aromatic heterocycles. The van der Waals surface area contributed by atoms with Crippen molar-refractivity contribution in [3.05, 3.63) is 46.2 Å². The Morgan fingerprint density at radius 2 is 2.29 bits per heavy atom. The second-order valence-electron chi connectivity index (χ2n) is 4.27. The highest BCUT2D eigenvalue weighted by Crippen LogP contribution is 2.30. The average molecular weight is 253 g/mol. The van der Waals surface area contributed by atoms with E-state index in [-0.39, 0.29) is 6.04 Å². The van der Waals surface area contributed by atoms with Gasteiger partial charge in [0.1, 0.15) is 0 Å². The van der Waals surface area contributed by atoms with Gasteiger partial charge in [-0.25, -0.2) is 5.43 Å². The van der Waals surface area contributed by atoms with E-state index in [0.29, 0.717) is 0 Å². The lowest BCUT2D eigenvalue weighted by Gasteiger charge is -2.24. The molecule has 1 aliphatic heterocycles. The lowest BCUT2D eigenvalue weighted by molar-refractivity contribution is 0.219. The number of hydrazine groups is 1. The molecule has 0 bridgehead atoms. The summed E-state index contributed by atoms with van der Waals surface area (Å²) >= 11 is 5.96. The fourth-order valence-electron chi connectivity index (χ4n) is 2.16. The molecule has 1 unspecified atom stereocenters. The Morgan fingerprint density at radius 1 is 1.47 bits per heavy atom. The van der Waals surface area contributed by atoms with Gasteiger partial charge in [0.15, 0.2) is 0 Å². The normalized spacial score (nSPS) is 17.2. The molecule has 0 aliphatic carbocycles. The van der Waals surface area contributed by atoms with Crippen LogP contribution in [-0.4, -0.2) is 6.61 Å². The third-order valence-electron chi connectivity index (χ3n) is 3.04. The Kier molecular flexibility index (Phi) is 4.05. The third kappa shape index (κ3) is 2.80. The maximum absolute atomic E-state index is 5.96. The number of hydrogen-bond donors (Lipinski definition) is 2. The van der Waals surface area contributed by atoms with Gasteiger partial charge in [0.2, 0.25) is 0 Å². The first kappa shape index (κ1) is 12.4. The van der Waals surface area contributed by atoms with Crippen molar-refractivity contribution in [2.24, 2.45) is 5.84 Å². The van der Waals surface area contributed by atoms with Gasteiger partial charge in [-0.3, -0.25) is 5.84 Å². The topological polar surface area (TPSA) is 47.3 Å². The van der Waals surface area contributed by atoms with Crippen LogP contribution in [-0.2, 0) is 4.74 Å². The Labute approximate surface area is 107 Å². The number of nitrogens with one attached hydrogen (secondary N) is 1. The molecule has 2 rings (SSSR count). The molecule has 1 aromatic carbocycles. The Morgan fingerprint density at radius 3 is 2.88 bits per heavy atom. The number of benzene rings is 1. The molecule has 0 saturated carbocycles. The first-order valence-electron chi connectivity index (χ1n) is 5.75. The summed E-state index contributed by atoms with van der Waals surface area (Å²) in [6.07, 6.45) is 3.87. The van der Waals surface area contributed by atoms with Crippen molar-refractivity contribution in [2.45, 2.75) is 25.8 Å². The summed E-state index contributed by atoms with van der Waals surface area (Å²) in [6.45, 7) is 2.83. The summed E-state index contributed by atoms with van der Waals surface area (Å²) < 4.78 is 5.37. The Balaban J connectivity index is 2.31. The van der Waals surface area contributed by atoms with E-state index in [0.717, 1.165) is 35.6 Å². The van der Waals surface area contributed by atoms with Gasteiger partial charge in [-0.15, -0.1) is 0 Å². The second-order valence-corrected chi connectivity index (χ2v) is 4.70. The minimum atomic E-state index is 0.00701. The predicted molar refractivity (Wildman–Crippen MR) is 69.5 cm³/mol. The molecule has 3 nitrogen and oxygen atoms in total. The molecular weight excluding hydrogens is 236 g/mol. The molecule has 0 spiro atoms. The predicted octanol–water partition coefficient (Wildman–Crippen LogP) is 2.85. The van der Waals surface area contributed by atoms with Gasteiger partial charge >= 0.3 is 0 Å². The van der Waals surface area contributed by atoms with Crippen LogP contribution in [0.1, 0.15) is 30.0 Å². The molecule has 3 N–H and O–H groups in total. The minimum absolute atomic E-state index is 0.00701. The number of rotatable bonds is 3. The lowest BCUT2D eigenvalue weighted by Crippen LogP contribution is -2.30. The Bertz CT molecular complexity index is 431. The maximum atomic E-state index is 5.96. The molecule has 1 atom stereocenters. The summed E-state index contributed by atoms with van der Waals surface area (Å²) in [7, 11) is 0. The van der Waals surface area contributed by atoms with Gasteiger partial charge in [-0.2, -0.15) is 0 Å². The van der Waals surface area contributed by atoms with E-state index < -0.39 is 0 Å². The first-order chi connectivity index (χ1) is 8.22. The van der Waals surface area contributed by atoms with Crippen LogP contribution in [0.25, 0.3) is 0 Å². The van der Waals surface area contributed by atoms with E-state index in [4.69, 9.17) is 22.2 Å². The summed E-state index contributed by atoms with van der Waals surface area (Å²) in [5, 5.41) is 0.746. The van der Waals surface area contributed by atoms with Crippen molar-refractivity contribution in [3.63, 3.8) is 0 Å². The number of nitrogens with two attached hydrogens (primary N) is 1. The summed E-state index contributed by atoms with van der Waals surface area (Å²) in [4.78, 5) is 0. The Hall–Kier alpha value is -1.03. The van der Waals surface area contributed by atoms with E-state index in [1.54, 1.807) is 0 Å². The molecule has 92 valence electrons. The largest absolute Gasteiger partial charge is 0.501 e. The first-order valence-corrected chi connectivity index (χ1v) is 6.13. The fraction of sp³-hybridized carbons (Fsp3) is 0.385. The molecule has 1 aromatic rings. The van der Waals surface area contributed by atoms with Gasteiger partial charge in [0, 0.05) is 5.02 Å². The van der Waals surface area contributed by atoms with Gasteiger partial charge in [0.25, 0.3) is 0 Å². The van der Waals surface area contributed by atoms with Crippen molar-refractivity contribution >= 4 is 11.6 Å². The number of halogens is 1. The lowest BCUT2D eigenvalue weighted by atomic mass is 9.93. The highest BCUT2D eigenvalue weighted by molar-refractivity contribution is 6.30. The van der Waals surface area contributed by atoms with Crippen LogP contribution in [0.2, 0.25) is 5.02 Å². The van der Waals surface area contributed by atoms with E-state index in [9.17, 15) is 0 Å².